The zero-order valence-corrected chi connectivity index (χ0v) is 12.0. The molecule has 0 spiro atoms. The van der Waals surface area contributed by atoms with Crippen LogP contribution in [0.25, 0.3) is 10.3 Å². The highest BCUT2D eigenvalue weighted by Crippen LogP contribution is 2.20. The lowest BCUT2D eigenvalue weighted by Crippen LogP contribution is -2.43. The van der Waals surface area contributed by atoms with Gasteiger partial charge in [-0.05, 0) is 32.4 Å². The van der Waals surface area contributed by atoms with Gasteiger partial charge in [-0.15, -0.1) is 0 Å². The van der Waals surface area contributed by atoms with Crippen LogP contribution >= 0.6 is 11.3 Å². The molecule has 1 amide bonds. The Labute approximate surface area is 119 Å². The van der Waals surface area contributed by atoms with Crippen molar-refractivity contribution in [2.75, 3.05) is 0 Å². The first-order chi connectivity index (χ1) is 9.37. The number of carboxylic acid groups (broad SMARTS) is 1. The van der Waals surface area contributed by atoms with Gasteiger partial charge < -0.3 is 10.4 Å². The third-order valence-electron chi connectivity index (χ3n) is 2.78. The van der Waals surface area contributed by atoms with Gasteiger partial charge in [0.1, 0.15) is 10.3 Å². The van der Waals surface area contributed by atoms with Crippen molar-refractivity contribution >= 4 is 33.6 Å². The van der Waals surface area contributed by atoms with Crippen molar-refractivity contribution in [1.82, 2.24) is 15.3 Å². The average molecular weight is 293 g/mol. The van der Waals surface area contributed by atoms with Gasteiger partial charge >= 0.3 is 5.97 Å². The Balaban J connectivity index is 2.09. The zero-order valence-electron chi connectivity index (χ0n) is 11.2. The molecular weight excluding hydrogens is 278 g/mol. The Morgan fingerprint density at radius 2 is 2.20 bits per heavy atom. The van der Waals surface area contributed by atoms with Crippen molar-refractivity contribution in [3.63, 3.8) is 0 Å². The van der Waals surface area contributed by atoms with E-state index in [1.54, 1.807) is 32.2 Å². The lowest BCUT2D eigenvalue weighted by Gasteiger charge is -2.24. The highest BCUT2D eigenvalue weighted by atomic mass is 32.1. The van der Waals surface area contributed by atoms with E-state index in [0.717, 1.165) is 0 Å². The SMILES string of the molecule is CC(C)(CCC(=O)O)NC(=O)c1nc2cccnc2s1. The summed E-state index contributed by atoms with van der Waals surface area (Å²) >= 11 is 1.22. The first-order valence-corrected chi connectivity index (χ1v) is 6.95. The Hall–Kier alpha value is -2.02. The minimum Gasteiger partial charge on any atom is -0.481 e. The number of hydrogen-bond donors (Lipinski definition) is 2. The normalized spacial score (nSPS) is 11.5. The smallest absolute Gasteiger partial charge is 0.303 e. The van der Waals surface area contributed by atoms with Crippen LogP contribution in [0.3, 0.4) is 0 Å². The molecule has 0 aliphatic carbocycles. The number of carbonyl (C=O) groups excluding carboxylic acids is 1. The Morgan fingerprint density at radius 1 is 1.45 bits per heavy atom. The van der Waals surface area contributed by atoms with Crippen LogP contribution < -0.4 is 5.32 Å². The summed E-state index contributed by atoms with van der Waals surface area (Å²) < 4.78 is 0. The van der Waals surface area contributed by atoms with E-state index in [2.05, 4.69) is 15.3 Å². The number of carboxylic acids is 1. The number of rotatable bonds is 5. The molecule has 0 saturated heterocycles. The van der Waals surface area contributed by atoms with Crippen molar-refractivity contribution in [1.29, 1.82) is 0 Å². The highest BCUT2D eigenvalue weighted by molar-refractivity contribution is 7.19. The number of thiazole rings is 1. The van der Waals surface area contributed by atoms with Crippen molar-refractivity contribution in [2.45, 2.75) is 32.2 Å². The third kappa shape index (κ3) is 3.51. The number of amides is 1. The second-order valence-electron chi connectivity index (χ2n) is 5.08. The summed E-state index contributed by atoms with van der Waals surface area (Å²) in [5.41, 5.74) is 0.0896. The van der Waals surface area contributed by atoms with Gasteiger partial charge in [0.25, 0.3) is 5.91 Å². The molecule has 0 unspecified atom stereocenters. The number of carbonyl (C=O) groups is 2. The van der Waals surface area contributed by atoms with Crippen molar-refractivity contribution in [2.24, 2.45) is 0 Å². The molecule has 2 aromatic heterocycles. The molecule has 0 aliphatic heterocycles. The molecule has 2 N–H and O–H groups in total. The molecular formula is C13H15N3O3S. The standard InChI is InChI=1S/C13H15N3O3S/c1-13(2,6-5-9(17)18)16-10(19)12-15-8-4-3-7-14-11(8)20-12/h3-4,7H,5-6H2,1-2H3,(H,16,19)(H,17,18). The molecule has 6 nitrogen and oxygen atoms in total. The summed E-state index contributed by atoms with van der Waals surface area (Å²) in [7, 11) is 0. The van der Waals surface area contributed by atoms with Crippen LogP contribution in [0.1, 0.15) is 36.5 Å². The predicted octanol–water partition coefficient (Wildman–Crippen LogP) is 2.06. The van der Waals surface area contributed by atoms with E-state index in [4.69, 9.17) is 5.11 Å². The number of aliphatic carboxylic acids is 1. The average Bonchev–Trinajstić information content (AvgIpc) is 2.80. The van der Waals surface area contributed by atoms with Gasteiger partial charge in [0, 0.05) is 18.2 Å². The summed E-state index contributed by atoms with van der Waals surface area (Å²) in [5, 5.41) is 11.8. The van der Waals surface area contributed by atoms with E-state index in [1.807, 2.05) is 0 Å². The molecule has 20 heavy (non-hydrogen) atoms. The minimum absolute atomic E-state index is 0.00861. The van der Waals surface area contributed by atoms with Crippen LogP contribution in [0.5, 0.6) is 0 Å². The largest absolute Gasteiger partial charge is 0.481 e. The van der Waals surface area contributed by atoms with Crippen LogP contribution in [0, 0.1) is 0 Å². The van der Waals surface area contributed by atoms with Crippen molar-refractivity contribution < 1.29 is 14.7 Å². The maximum Gasteiger partial charge on any atom is 0.303 e. The van der Waals surface area contributed by atoms with Crippen LogP contribution in [0.4, 0.5) is 0 Å². The second-order valence-corrected chi connectivity index (χ2v) is 6.06. The molecule has 0 saturated carbocycles. The molecule has 2 rings (SSSR count). The van der Waals surface area contributed by atoms with E-state index in [0.29, 0.717) is 21.8 Å². The maximum atomic E-state index is 12.1. The van der Waals surface area contributed by atoms with E-state index in [9.17, 15) is 9.59 Å². The number of hydrogen-bond acceptors (Lipinski definition) is 5. The van der Waals surface area contributed by atoms with Gasteiger partial charge in [-0.3, -0.25) is 9.59 Å². The van der Waals surface area contributed by atoms with Gasteiger partial charge in [-0.2, -0.15) is 0 Å². The summed E-state index contributed by atoms with van der Waals surface area (Å²) in [6.45, 7) is 3.58. The first-order valence-electron chi connectivity index (χ1n) is 6.13. The monoisotopic (exact) mass is 293 g/mol. The fourth-order valence-corrected chi connectivity index (χ4v) is 2.51. The van der Waals surface area contributed by atoms with Gasteiger partial charge in [-0.1, -0.05) is 11.3 Å². The molecule has 0 fully saturated rings. The van der Waals surface area contributed by atoms with Crippen LogP contribution in [0.15, 0.2) is 18.3 Å². The highest BCUT2D eigenvalue weighted by Gasteiger charge is 2.24. The molecule has 0 aliphatic rings. The molecule has 0 radical (unpaired) electrons. The minimum atomic E-state index is -0.878. The van der Waals surface area contributed by atoms with E-state index < -0.39 is 11.5 Å². The van der Waals surface area contributed by atoms with Crippen molar-refractivity contribution in [3.05, 3.63) is 23.3 Å². The van der Waals surface area contributed by atoms with Crippen LogP contribution in [-0.2, 0) is 4.79 Å². The number of nitrogens with one attached hydrogen (secondary N) is 1. The van der Waals surface area contributed by atoms with E-state index >= 15 is 0 Å². The molecule has 2 aromatic rings. The second kappa shape index (κ2) is 5.54. The fraction of sp³-hybridized carbons (Fsp3) is 0.385. The van der Waals surface area contributed by atoms with E-state index in [1.165, 1.54) is 11.3 Å². The number of pyridine rings is 1. The molecule has 2 heterocycles. The summed E-state index contributed by atoms with van der Waals surface area (Å²) in [4.78, 5) is 31.8. The van der Waals surface area contributed by atoms with Crippen molar-refractivity contribution in [3.8, 4) is 0 Å². The van der Waals surface area contributed by atoms with Gasteiger partial charge in [0.15, 0.2) is 5.01 Å². The lowest BCUT2D eigenvalue weighted by molar-refractivity contribution is -0.137. The molecule has 106 valence electrons. The third-order valence-corrected chi connectivity index (χ3v) is 3.75. The zero-order chi connectivity index (χ0) is 14.8. The quantitative estimate of drug-likeness (QED) is 0.880. The molecule has 0 atom stereocenters. The predicted molar refractivity (Wildman–Crippen MR) is 75.8 cm³/mol. The summed E-state index contributed by atoms with van der Waals surface area (Å²) in [6, 6.07) is 3.56. The van der Waals surface area contributed by atoms with Gasteiger partial charge in [-0.25, -0.2) is 9.97 Å². The number of fused-ring (bicyclic) bond motifs is 1. The molecule has 0 bridgehead atoms. The number of aromatic nitrogens is 2. The van der Waals surface area contributed by atoms with Gasteiger partial charge in [0.2, 0.25) is 0 Å². The summed E-state index contributed by atoms with van der Waals surface area (Å²) in [5.74, 6) is -1.18. The van der Waals surface area contributed by atoms with E-state index in [-0.39, 0.29) is 12.3 Å². The maximum absolute atomic E-state index is 12.1. The molecule has 7 heteroatoms. The number of nitrogens with zero attached hydrogens (tertiary/aromatic N) is 2. The summed E-state index contributed by atoms with van der Waals surface area (Å²) in [6.07, 6.45) is 2.02. The Kier molecular flexibility index (Phi) is 3.99. The lowest BCUT2D eigenvalue weighted by atomic mass is 9.98. The Bertz CT molecular complexity index is 618. The first kappa shape index (κ1) is 14.4. The topological polar surface area (TPSA) is 92.2 Å². The van der Waals surface area contributed by atoms with Crippen LogP contribution in [-0.4, -0.2) is 32.5 Å². The van der Waals surface area contributed by atoms with Crippen LogP contribution in [0.2, 0.25) is 0 Å². The molecule has 0 aromatic carbocycles. The van der Waals surface area contributed by atoms with Gasteiger partial charge in [0.05, 0.1) is 0 Å². The Morgan fingerprint density at radius 3 is 2.85 bits per heavy atom. The fourth-order valence-electron chi connectivity index (χ4n) is 1.71.